The molecule has 0 amide bonds. The Morgan fingerprint density at radius 2 is 1.61 bits per heavy atom. The van der Waals surface area contributed by atoms with E-state index in [1.54, 1.807) is 11.3 Å². The minimum atomic E-state index is 0.458. The van der Waals surface area contributed by atoms with Crippen molar-refractivity contribution >= 4 is 16.5 Å². The van der Waals surface area contributed by atoms with E-state index in [-0.39, 0.29) is 0 Å². The van der Waals surface area contributed by atoms with E-state index < -0.39 is 0 Å². The molecule has 96 valence electrons. The third kappa shape index (κ3) is 2.56. The van der Waals surface area contributed by atoms with Gasteiger partial charge in [0.1, 0.15) is 0 Å². The molecule has 3 heteroatoms. The Bertz CT molecular complexity index is 524. The fourth-order valence-corrected chi connectivity index (χ4v) is 2.83. The summed E-state index contributed by atoms with van der Waals surface area (Å²) in [6.07, 6.45) is 0. The number of hydrogen-bond acceptors (Lipinski definition) is 3. The molecule has 2 aromatic rings. The Morgan fingerprint density at radius 1 is 1.00 bits per heavy atom. The second-order valence-corrected chi connectivity index (χ2v) is 6.26. The van der Waals surface area contributed by atoms with Crippen LogP contribution in [-0.4, -0.2) is 4.98 Å². The van der Waals surface area contributed by atoms with Gasteiger partial charge in [-0.15, -0.1) is 11.3 Å². The lowest BCUT2D eigenvalue weighted by Gasteiger charge is -2.08. The lowest BCUT2D eigenvalue weighted by molar-refractivity contribution is 0.866. The Kier molecular flexibility index (Phi) is 3.71. The van der Waals surface area contributed by atoms with Gasteiger partial charge in [-0.25, -0.2) is 4.98 Å². The maximum Gasteiger partial charge on any atom is 0.180 e. The maximum absolute atomic E-state index is 5.84. The first-order valence-corrected chi connectivity index (χ1v) is 7.17. The third-order valence-electron chi connectivity index (χ3n) is 3.05. The first kappa shape index (κ1) is 13.1. The molecule has 1 aromatic carbocycles. The van der Waals surface area contributed by atoms with Crippen molar-refractivity contribution in [2.45, 2.75) is 39.5 Å². The van der Waals surface area contributed by atoms with Gasteiger partial charge in [0.05, 0.1) is 5.69 Å². The van der Waals surface area contributed by atoms with Gasteiger partial charge in [-0.1, -0.05) is 52.0 Å². The van der Waals surface area contributed by atoms with Gasteiger partial charge >= 0.3 is 0 Å². The van der Waals surface area contributed by atoms with Crippen LogP contribution in [0.4, 0.5) is 5.13 Å². The predicted octanol–water partition coefficient (Wildman–Crippen LogP) is 4.64. The molecule has 1 aromatic heterocycles. The quantitative estimate of drug-likeness (QED) is 0.873. The summed E-state index contributed by atoms with van der Waals surface area (Å²) in [5.74, 6) is 1.02. The number of aromatic nitrogens is 1. The molecule has 1 heterocycles. The Balaban J connectivity index is 2.42. The van der Waals surface area contributed by atoms with Crippen molar-refractivity contribution in [2.24, 2.45) is 0 Å². The number of nitrogens with zero attached hydrogens (tertiary/aromatic N) is 1. The highest BCUT2D eigenvalue weighted by Crippen LogP contribution is 2.35. The van der Waals surface area contributed by atoms with Gasteiger partial charge in [-0.2, -0.15) is 0 Å². The topological polar surface area (TPSA) is 38.9 Å². The van der Waals surface area contributed by atoms with E-state index in [1.807, 2.05) is 0 Å². The largest absolute Gasteiger partial charge is 0.375 e. The van der Waals surface area contributed by atoms with Gasteiger partial charge in [0.2, 0.25) is 0 Å². The van der Waals surface area contributed by atoms with Crippen LogP contribution in [0.1, 0.15) is 50.0 Å². The second-order valence-electron chi connectivity index (χ2n) is 5.20. The minimum Gasteiger partial charge on any atom is -0.375 e. The summed E-state index contributed by atoms with van der Waals surface area (Å²) in [5, 5.41) is 0.654. The zero-order chi connectivity index (χ0) is 13.3. The van der Waals surface area contributed by atoms with Crippen LogP contribution in [-0.2, 0) is 0 Å². The maximum atomic E-state index is 5.84. The summed E-state index contributed by atoms with van der Waals surface area (Å²) in [6, 6.07) is 8.66. The zero-order valence-corrected chi connectivity index (χ0v) is 12.2. The van der Waals surface area contributed by atoms with E-state index in [4.69, 9.17) is 5.73 Å². The molecule has 0 aliphatic heterocycles. The van der Waals surface area contributed by atoms with Gasteiger partial charge in [0.25, 0.3) is 0 Å². The van der Waals surface area contributed by atoms with E-state index in [1.165, 1.54) is 10.4 Å². The number of nitrogen functional groups attached to an aromatic ring is 1. The first-order chi connectivity index (χ1) is 8.49. The second kappa shape index (κ2) is 5.11. The minimum absolute atomic E-state index is 0.458. The van der Waals surface area contributed by atoms with Crippen LogP contribution in [0.25, 0.3) is 11.3 Å². The third-order valence-corrected chi connectivity index (χ3v) is 4.23. The van der Waals surface area contributed by atoms with Crippen molar-refractivity contribution in [3.63, 3.8) is 0 Å². The Labute approximate surface area is 113 Å². The summed E-state index contributed by atoms with van der Waals surface area (Å²) in [4.78, 5) is 5.74. The molecule has 0 aliphatic carbocycles. The number of rotatable bonds is 3. The highest BCUT2D eigenvalue weighted by atomic mass is 32.1. The number of nitrogens with two attached hydrogens (primary N) is 1. The summed E-state index contributed by atoms with van der Waals surface area (Å²) in [6.45, 7) is 8.77. The molecule has 0 spiro atoms. The molecule has 0 aliphatic rings. The van der Waals surface area contributed by atoms with Crippen LogP contribution >= 0.6 is 11.3 Å². The van der Waals surface area contributed by atoms with E-state index in [2.05, 4.69) is 56.9 Å². The molecule has 2 N–H and O–H groups in total. The number of hydrogen-bond donors (Lipinski definition) is 1. The SMILES string of the molecule is CC(C)c1ccc(-c2nc(N)sc2C(C)C)cc1. The van der Waals surface area contributed by atoms with Crippen molar-refractivity contribution in [3.05, 3.63) is 34.7 Å². The molecule has 0 fully saturated rings. The first-order valence-electron chi connectivity index (χ1n) is 6.35. The van der Waals surface area contributed by atoms with E-state index in [9.17, 15) is 0 Å². The molecule has 0 saturated carbocycles. The number of benzene rings is 1. The Hall–Kier alpha value is -1.35. The summed E-state index contributed by atoms with van der Waals surface area (Å²) in [7, 11) is 0. The average Bonchev–Trinajstić information content (AvgIpc) is 2.71. The number of anilines is 1. The van der Waals surface area contributed by atoms with Gasteiger partial charge in [-0.3, -0.25) is 0 Å². The van der Waals surface area contributed by atoms with E-state index in [0.717, 1.165) is 11.3 Å². The molecular weight excluding hydrogens is 240 g/mol. The fraction of sp³-hybridized carbons (Fsp3) is 0.400. The molecule has 2 nitrogen and oxygen atoms in total. The van der Waals surface area contributed by atoms with Crippen molar-refractivity contribution in [3.8, 4) is 11.3 Å². The zero-order valence-electron chi connectivity index (χ0n) is 11.4. The standard InChI is InChI=1S/C15H20N2S/c1-9(2)11-5-7-12(8-6-11)13-14(10(3)4)18-15(16)17-13/h5-10H,1-4H3,(H2,16,17). The predicted molar refractivity (Wildman–Crippen MR) is 80.1 cm³/mol. The molecule has 18 heavy (non-hydrogen) atoms. The number of thiazole rings is 1. The molecule has 0 bridgehead atoms. The monoisotopic (exact) mass is 260 g/mol. The van der Waals surface area contributed by atoms with Crippen LogP contribution in [0.15, 0.2) is 24.3 Å². The van der Waals surface area contributed by atoms with Crippen LogP contribution in [0.5, 0.6) is 0 Å². The summed E-state index contributed by atoms with van der Waals surface area (Å²) >= 11 is 1.59. The van der Waals surface area contributed by atoms with Gasteiger partial charge in [0.15, 0.2) is 5.13 Å². The molecule has 0 atom stereocenters. The van der Waals surface area contributed by atoms with Crippen molar-refractivity contribution < 1.29 is 0 Å². The van der Waals surface area contributed by atoms with E-state index in [0.29, 0.717) is 17.0 Å². The van der Waals surface area contributed by atoms with Gasteiger partial charge < -0.3 is 5.73 Å². The average molecular weight is 260 g/mol. The van der Waals surface area contributed by atoms with Gasteiger partial charge in [0, 0.05) is 10.4 Å². The molecule has 0 radical (unpaired) electrons. The van der Waals surface area contributed by atoms with Crippen LogP contribution < -0.4 is 5.73 Å². The molecule has 2 rings (SSSR count). The summed E-state index contributed by atoms with van der Waals surface area (Å²) in [5.41, 5.74) is 9.40. The Morgan fingerprint density at radius 3 is 2.11 bits per heavy atom. The van der Waals surface area contributed by atoms with E-state index >= 15 is 0 Å². The lowest BCUT2D eigenvalue weighted by Crippen LogP contribution is -1.90. The van der Waals surface area contributed by atoms with Crippen LogP contribution in [0, 0.1) is 0 Å². The van der Waals surface area contributed by atoms with Crippen molar-refractivity contribution in [1.82, 2.24) is 4.98 Å². The highest BCUT2D eigenvalue weighted by Gasteiger charge is 2.14. The van der Waals surface area contributed by atoms with Crippen LogP contribution in [0.2, 0.25) is 0 Å². The molecule has 0 saturated heterocycles. The smallest absolute Gasteiger partial charge is 0.180 e. The van der Waals surface area contributed by atoms with Crippen molar-refractivity contribution in [2.75, 3.05) is 5.73 Å². The normalized spacial score (nSPS) is 11.4. The lowest BCUT2D eigenvalue weighted by atomic mass is 9.99. The van der Waals surface area contributed by atoms with Gasteiger partial charge in [-0.05, 0) is 17.4 Å². The van der Waals surface area contributed by atoms with Crippen LogP contribution in [0.3, 0.4) is 0 Å². The summed E-state index contributed by atoms with van der Waals surface area (Å²) < 4.78 is 0. The highest BCUT2D eigenvalue weighted by molar-refractivity contribution is 7.15. The fourth-order valence-electron chi connectivity index (χ4n) is 1.97. The van der Waals surface area contributed by atoms with Crippen molar-refractivity contribution in [1.29, 1.82) is 0 Å². The molecule has 0 unspecified atom stereocenters. The molecular formula is C15H20N2S.